The molecule has 1 fully saturated rings. The van der Waals surface area contributed by atoms with Gasteiger partial charge in [0, 0.05) is 44.2 Å². The smallest absolute Gasteiger partial charge is 0.332 e. The first-order chi connectivity index (χ1) is 21.8. The van der Waals surface area contributed by atoms with Gasteiger partial charge in [-0.3, -0.25) is 9.10 Å². The minimum atomic E-state index is -4.25. The number of carbonyl (C=O) groups excluding carboxylic acids is 1. The molecule has 15 heteroatoms. The maximum atomic E-state index is 13.8. The van der Waals surface area contributed by atoms with Crippen LogP contribution in [0.1, 0.15) is 40.2 Å². The second-order valence-electron chi connectivity index (χ2n) is 11.0. The second kappa shape index (κ2) is 11.5. The highest BCUT2D eigenvalue weighted by Crippen LogP contribution is 2.42. The number of nitrogens with one attached hydrogen (secondary N) is 1. The maximum absolute atomic E-state index is 13.8. The third-order valence-electron chi connectivity index (χ3n) is 8.14. The average Bonchev–Trinajstić information content (AvgIpc) is 3.66. The van der Waals surface area contributed by atoms with E-state index in [4.69, 9.17) is 8.83 Å². The van der Waals surface area contributed by atoms with Crippen molar-refractivity contribution < 1.29 is 34.9 Å². The van der Waals surface area contributed by atoms with E-state index in [1.165, 1.54) is 60.9 Å². The lowest BCUT2D eigenvalue weighted by Gasteiger charge is -2.33. The SMILES string of the molecule is CNC(=O)c1c(-c2ccc(F)cc2)oc2cc(N(C)S(C)(=O)=O)c([C@H]3CCCN(S(=O)(=O)c4nc5c(C#N)cccc5o4)C3)cc12. The monoisotopic (exact) mass is 665 g/mol. The summed E-state index contributed by atoms with van der Waals surface area (Å²) in [6.07, 6.45) is 1.98. The molecule has 1 aliphatic rings. The Hall–Kier alpha value is -4.78. The highest BCUT2D eigenvalue weighted by molar-refractivity contribution is 7.92. The van der Waals surface area contributed by atoms with Gasteiger partial charge in [0.25, 0.3) is 15.9 Å². The number of anilines is 1. The zero-order valence-electron chi connectivity index (χ0n) is 24.9. The number of carbonyl (C=O) groups is 1. The van der Waals surface area contributed by atoms with Gasteiger partial charge in [-0.2, -0.15) is 14.6 Å². The Morgan fingerprint density at radius 1 is 1.11 bits per heavy atom. The van der Waals surface area contributed by atoms with Crippen molar-refractivity contribution in [3.8, 4) is 17.4 Å². The van der Waals surface area contributed by atoms with Crippen LogP contribution >= 0.6 is 0 Å². The molecule has 1 saturated heterocycles. The lowest BCUT2D eigenvalue weighted by atomic mass is 9.89. The Bertz CT molecular complexity index is 2270. The molecule has 0 aliphatic carbocycles. The largest absolute Gasteiger partial charge is 0.455 e. The Morgan fingerprint density at radius 2 is 1.85 bits per heavy atom. The summed E-state index contributed by atoms with van der Waals surface area (Å²) in [6.45, 7) is 0.117. The van der Waals surface area contributed by atoms with Gasteiger partial charge in [0.05, 0.1) is 23.1 Å². The number of piperidine rings is 1. The molecule has 3 aromatic carbocycles. The number of para-hydroxylation sites is 1. The van der Waals surface area contributed by atoms with Gasteiger partial charge in [0.2, 0.25) is 10.0 Å². The summed E-state index contributed by atoms with van der Waals surface area (Å²) in [5, 5.41) is 11.9. The number of furan rings is 1. The summed E-state index contributed by atoms with van der Waals surface area (Å²) in [5.41, 5.74) is 2.03. The van der Waals surface area contributed by atoms with Gasteiger partial charge in [-0.05, 0) is 66.8 Å². The molecule has 0 bridgehead atoms. The minimum absolute atomic E-state index is 0.0414. The Labute approximate surface area is 264 Å². The van der Waals surface area contributed by atoms with Crippen molar-refractivity contribution in [3.05, 3.63) is 77.1 Å². The summed E-state index contributed by atoms with van der Waals surface area (Å²) in [4.78, 5) is 17.3. The van der Waals surface area contributed by atoms with Crippen LogP contribution in [0.25, 0.3) is 33.4 Å². The summed E-state index contributed by atoms with van der Waals surface area (Å²) < 4.78 is 80.8. The van der Waals surface area contributed by atoms with Crippen LogP contribution < -0.4 is 9.62 Å². The van der Waals surface area contributed by atoms with Gasteiger partial charge >= 0.3 is 5.22 Å². The highest BCUT2D eigenvalue weighted by Gasteiger charge is 2.37. The average molecular weight is 666 g/mol. The topological polar surface area (TPSA) is 167 Å². The van der Waals surface area contributed by atoms with Crippen molar-refractivity contribution in [2.45, 2.75) is 24.0 Å². The molecule has 5 aromatic rings. The molecule has 0 spiro atoms. The van der Waals surface area contributed by atoms with Crippen LogP contribution in [0.2, 0.25) is 0 Å². The van der Waals surface area contributed by atoms with Gasteiger partial charge in [-0.1, -0.05) is 6.07 Å². The van der Waals surface area contributed by atoms with Gasteiger partial charge in [-0.15, -0.1) is 0 Å². The number of hydrogen-bond acceptors (Lipinski definition) is 9. The van der Waals surface area contributed by atoms with E-state index in [1.54, 1.807) is 12.1 Å². The molecule has 46 heavy (non-hydrogen) atoms. The highest BCUT2D eigenvalue weighted by atomic mass is 32.2. The van der Waals surface area contributed by atoms with Crippen LogP contribution in [-0.4, -0.2) is 65.5 Å². The Kier molecular flexibility index (Phi) is 7.83. The first-order valence-electron chi connectivity index (χ1n) is 14.2. The predicted octanol–water partition coefficient (Wildman–Crippen LogP) is 4.58. The van der Waals surface area contributed by atoms with Crippen LogP contribution in [0.4, 0.5) is 10.1 Å². The fraction of sp³-hybridized carbons (Fsp3) is 0.258. The van der Waals surface area contributed by atoms with E-state index in [0.29, 0.717) is 29.4 Å². The summed E-state index contributed by atoms with van der Waals surface area (Å²) >= 11 is 0. The Morgan fingerprint density at radius 3 is 2.52 bits per heavy atom. The molecule has 12 nitrogen and oxygen atoms in total. The minimum Gasteiger partial charge on any atom is -0.455 e. The van der Waals surface area contributed by atoms with Crippen LogP contribution in [0.15, 0.2) is 68.7 Å². The molecule has 1 atom stereocenters. The fourth-order valence-electron chi connectivity index (χ4n) is 5.74. The molecule has 1 aliphatic heterocycles. The molecule has 1 amide bonds. The number of nitriles is 1. The fourth-order valence-corrected chi connectivity index (χ4v) is 7.62. The van der Waals surface area contributed by atoms with Crippen molar-refractivity contribution in [1.29, 1.82) is 5.26 Å². The van der Waals surface area contributed by atoms with Gasteiger partial charge in [0.1, 0.15) is 28.7 Å². The molecule has 1 N–H and O–H groups in total. The molecule has 2 aromatic heterocycles. The van der Waals surface area contributed by atoms with E-state index in [1.807, 2.05) is 6.07 Å². The van der Waals surface area contributed by atoms with Crippen molar-refractivity contribution in [2.24, 2.45) is 0 Å². The van der Waals surface area contributed by atoms with Crippen LogP contribution in [0.3, 0.4) is 0 Å². The molecule has 0 saturated carbocycles. The second-order valence-corrected chi connectivity index (χ2v) is 14.8. The Balaban J connectivity index is 1.48. The van der Waals surface area contributed by atoms with Crippen molar-refractivity contribution in [2.75, 3.05) is 37.7 Å². The van der Waals surface area contributed by atoms with Crippen LogP contribution in [0.5, 0.6) is 0 Å². The van der Waals surface area contributed by atoms with E-state index >= 15 is 0 Å². The number of sulfonamides is 2. The van der Waals surface area contributed by atoms with Crippen molar-refractivity contribution in [1.82, 2.24) is 14.6 Å². The molecular weight excluding hydrogens is 638 g/mol. The van der Waals surface area contributed by atoms with Gasteiger partial charge in [0.15, 0.2) is 5.58 Å². The first-order valence-corrected chi connectivity index (χ1v) is 17.4. The number of rotatable bonds is 7. The first kappa shape index (κ1) is 31.2. The lowest BCUT2D eigenvalue weighted by Crippen LogP contribution is -2.39. The number of halogens is 1. The zero-order valence-corrected chi connectivity index (χ0v) is 26.6. The summed E-state index contributed by atoms with van der Waals surface area (Å²) in [5.74, 6) is -1.29. The zero-order chi connectivity index (χ0) is 33.0. The predicted molar refractivity (Wildman–Crippen MR) is 168 cm³/mol. The van der Waals surface area contributed by atoms with E-state index < -0.39 is 42.9 Å². The van der Waals surface area contributed by atoms with Crippen molar-refractivity contribution in [3.63, 3.8) is 0 Å². The maximum Gasteiger partial charge on any atom is 0.332 e. The third kappa shape index (κ3) is 5.38. The molecule has 238 valence electrons. The summed E-state index contributed by atoms with van der Waals surface area (Å²) in [6, 6.07) is 15.2. The molecule has 0 radical (unpaired) electrons. The van der Waals surface area contributed by atoms with Gasteiger partial charge in [-0.25, -0.2) is 21.2 Å². The van der Waals surface area contributed by atoms with Gasteiger partial charge < -0.3 is 14.2 Å². The standard InChI is InChI=1S/C31H28FN5O7S2/c1-34-30(38)27-23-14-22(24(36(2)45(3,39)40)15-26(23)43-29(27)18-9-11-21(32)12-10-18)20-7-5-13-37(17-20)46(41,42)31-35-28-19(16-33)6-4-8-25(28)44-31/h4,6,8-12,14-15,20H,5,7,13,17H2,1-3H3,(H,34,38)/t20-/m0/s1. The number of aromatic nitrogens is 1. The molecular formula is C31H28FN5O7S2. The lowest BCUT2D eigenvalue weighted by molar-refractivity contribution is 0.0964. The number of oxazole rings is 1. The molecule has 6 rings (SSSR count). The number of benzene rings is 3. The molecule has 0 unspecified atom stereocenters. The van der Waals surface area contributed by atoms with Crippen LogP contribution in [-0.2, 0) is 20.0 Å². The number of fused-ring (bicyclic) bond motifs is 2. The molecule has 3 heterocycles. The number of hydrogen-bond donors (Lipinski definition) is 1. The number of nitrogens with zero attached hydrogens (tertiary/aromatic N) is 4. The van der Waals surface area contributed by atoms with Crippen LogP contribution in [0, 0.1) is 17.1 Å². The van der Waals surface area contributed by atoms with E-state index in [0.717, 1.165) is 10.6 Å². The number of amides is 1. The van der Waals surface area contributed by atoms with Crippen molar-refractivity contribution >= 4 is 53.7 Å². The van der Waals surface area contributed by atoms with E-state index in [9.17, 15) is 31.3 Å². The van der Waals surface area contributed by atoms with E-state index in [2.05, 4.69) is 10.3 Å². The summed E-state index contributed by atoms with van der Waals surface area (Å²) in [7, 11) is -5.20. The normalized spacial score (nSPS) is 16.0. The third-order valence-corrected chi connectivity index (χ3v) is 11.0. The van der Waals surface area contributed by atoms with E-state index in [-0.39, 0.29) is 52.3 Å². The quantitative estimate of drug-likeness (QED) is 0.262.